The number of anilines is 1. The average molecular weight is 421 g/mol. The third kappa shape index (κ3) is 2.44. The number of rotatable bonds is 3. The average Bonchev–Trinajstić information content (AvgIpc) is 3.34. The van der Waals surface area contributed by atoms with E-state index >= 15 is 0 Å². The van der Waals surface area contributed by atoms with Crippen molar-refractivity contribution in [3.63, 3.8) is 0 Å². The molecule has 3 aliphatic rings. The number of hydrogen-bond acceptors (Lipinski definition) is 6. The molecule has 31 heavy (non-hydrogen) atoms. The lowest BCUT2D eigenvalue weighted by atomic mass is 9.75. The minimum atomic E-state index is -1.07. The maximum absolute atomic E-state index is 14.7. The van der Waals surface area contributed by atoms with Crippen molar-refractivity contribution >= 4 is 17.2 Å². The second-order valence-corrected chi connectivity index (χ2v) is 8.59. The minimum Gasteiger partial charge on any atom is -0.373 e. The van der Waals surface area contributed by atoms with Gasteiger partial charge in [0.15, 0.2) is 11.6 Å². The standard InChI is InChI=1S/C21H20FN7O2/c1-12-8-27(20(30)21(12,11-23)13-2-3-13)19-18-15(22)7-25-29(18)9-16(26-19)14-6-24-28-4-5-31-10-17(14)28/h6-7,9,12-13H,2-5,8,10H2,1H3/t12-,21+/m1/s1. The van der Waals surface area contributed by atoms with Gasteiger partial charge >= 0.3 is 0 Å². The van der Waals surface area contributed by atoms with E-state index in [0.717, 1.165) is 30.3 Å². The van der Waals surface area contributed by atoms with Crippen LogP contribution >= 0.6 is 0 Å². The third-order valence-electron chi connectivity index (χ3n) is 6.84. The number of carbonyl (C=O) groups is 1. The molecular weight excluding hydrogens is 401 g/mol. The molecule has 1 saturated heterocycles. The number of carbonyl (C=O) groups excluding carboxylic acids is 1. The van der Waals surface area contributed by atoms with E-state index in [1.807, 2.05) is 11.6 Å². The maximum atomic E-state index is 14.7. The van der Waals surface area contributed by atoms with Crippen LogP contribution in [0.25, 0.3) is 16.8 Å². The van der Waals surface area contributed by atoms with Gasteiger partial charge in [0.05, 0.1) is 55.8 Å². The lowest BCUT2D eigenvalue weighted by molar-refractivity contribution is -0.124. The molecule has 3 aromatic rings. The highest BCUT2D eigenvalue weighted by molar-refractivity contribution is 6.04. The summed E-state index contributed by atoms with van der Waals surface area (Å²) < 4.78 is 23.6. The van der Waals surface area contributed by atoms with E-state index in [1.54, 1.807) is 12.4 Å². The van der Waals surface area contributed by atoms with Crippen molar-refractivity contribution in [3.05, 3.63) is 30.1 Å². The summed E-state index contributed by atoms with van der Waals surface area (Å²) in [5.41, 5.74) is 1.22. The van der Waals surface area contributed by atoms with E-state index in [-0.39, 0.29) is 29.1 Å². The lowest BCUT2D eigenvalue weighted by Crippen LogP contribution is -2.37. The first-order chi connectivity index (χ1) is 15.0. The number of hydrogen-bond donors (Lipinski definition) is 0. The predicted molar refractivity (Wildman–Crippen MR) is 106 cm³/mol. The lowest BCUT2D eigenvalue weighted by Gasteiger charge is -2.23. The van der Waals surface area contributed by atoms with Gasteiger partial charge in [0.1, 0.15) is 10.9 Å². The van der Waals surface area contributed by atoms with Crippen molar-refractivity contribution in [1.29, 1.82) is 5.26 Å². The van der Waals surface area contributed by atoms with Crippen LogP contribution in [0.15, 0.2) is 18.6 Å². The van der Waals surface area contributed by atoms with Crippen molar-refractivity contribution < 1.29 is 13.9 Å². The highest BCUT2D eigenvalue weighted by atomic mass is 19.1. The summed E-state index contributed by atoms with van der Waals surface area (Å²) in [5.74, 6) is -0.780. The summed E-state index contributed by atoms with van der Waals surface area (Å²) in [6, 6.07) is 2.31. The Labute approximate surface area is 177 Å². The van der Waals surface area contributed by atoms with E-state index < -0.39 is 11.2 Å². The number of amides is 1. The molecule has 0 N–H and O–H groups in total. The summed E-state index contributed by atoms with van der Waals surface area (Å²) in [5, 5.41) is 18.5. The Morgan fingerprint density at radius 1 is 1.32 bits per heavy atom. The molecule has 10 heteroatoms. The summed E-state index contributed by atoms with van der Waals surface area (Å²) in [6.45, 7) is 3.87. The van der Waals surface area contributed by atoms with Gasteiger partial charge in [-0.3, -0.25) is 14.4 Å². The van der Waals surface area contributed by atoms with Crippen LogP contribution in [0.3, 0.4) is 0 Å². The Kier molecular flexibility index (Phi) is 3.77. The molecule has 3 aromatic heterocycles. The van der Waals surface area contributed by atoms with Crippen molar-refractivity contribution in [2.45, 2.75) is 32.9 Å². The van der Waals surface area contributed by atoms with Crippen LogP contribution in [0.2, 0.25) is 0 Å². The van der Waals surface area contributed by atoms with Crippen LogP contribution in [-0.4, -0.2) is 43.4 Å². The van der Waals surface area contributed by atoms with Gasteiger partial charge in [-0.05, 0) is 18.8 Å². The minimum absolute atomic E-state index is 0.0544. The molecule has 1 saturated carbocycles. The van der Waals surface area contributed by atoms with Crippen molar-refractivity contribution in [1.82, 2.24) is 24.4 Å². The molecule has 6 rings (SSSR count). The molecule has 2 atom stereocenters. The highest BCUT2D eigenvalue weighted by Crippen LogP contribution is 2.54. The molecule has 2 fully saturated rings. The Morgan fingerprint density at radius 3 is 2.94 bits per heavy atom. The van der Waals surface area contributed by atoms with Crippen LogP contribution in [0.5, 0.6) is 0 Å². The topological polar surface area (TPSA) is 101 Å². The van der Waals surface area contributed by atoms with E-state index in [2.05, 4.69) is 16.3 Å². The molecule has 2 aliphatic heterocycles. The van der Waals surface area contributed by atoms with Gasteiger partial charge in [0, 0.05) is 18.0 Å². The van der Waals surface area contributed by atoms with Gasteiger partial charge in [-0.25, -0.2) is 13.9 Å². The van der Waals surface area contributed by atoms with Gasteiger partial charge in [0.25, 0.3) is 0 Å². The van der Waals surface area contributed by atoms with Gasteiger partial charge in [-0.15, -0.1) is 0 Å². The van der Waals surface area contributed by atoms with Crippen LogP contribution in [0, 0.1) is 34.4 Å². The van der Waals surface area contributed by atoms with Crippen molar-refractivity contribution in [2.24, 2.45) is 17.3 Å². The summed E-state index contributed by atoms with van der Waals surface area (Å²) in [6.07, 6.45) is 6.19. The molecule has 0 aromatic carbocycles. The normalized spacial score (nSPS) is 25.8. The number of fused-ring (bicyclic) bond motifs is 2. The Morgan fingerprint density at radius 2 is 2.16 bits per heavy atom. The van der Waals surface area contributed by atoms with E-state index in [0.29, 0.717) is 32.0 Å². The molecule has 9 nitrogen and oxygen atoms in total. The van der Waals surface area contributed by atoms with Gasteiger partial charge in [-0.2, -0.15) is 15.5 Å². The summed E-state index contributed by atoms with van der Waals surface area (Å²) in [4.78, 5) is 19.7. The molecule has 0 unspecified atom stereocenters. The highest BCUT2D eigenvalue weighted by Gasteiger charge is 2.61. The molecule has 0 radical (unpaired) electrons. The zero-order valence-electron chi connectivity index (χ0n) is 17.0. The summed E-state index contributed by atoms with van der Waals surface area (Å²) >= 11 is 0. The zero-order chi connectivity index (χ0) is 21.3. The molecule has 158 valence electrons. The molecule has 0 spiro atoms. The number of aromatic nitrogens is 5. The number of halogens is 1. The zero-order valence-corrected chi connectivity index (χ0v) is 17.0. The van der Waals surface area contributed by atoms with Crippen molar-refractivity contribution in [3.8, 4) is 17.3 Å². The largest absolute Gasteiger partial charge is 0.373 e. The fraction of sp³-hybridized carbons (Fsp3) is 0.476. The Balaban J connectivity index is 1.52. The molecule has 0 bridgehead atoms. The first-order valence-electron chi connectivity index (χ1n) is 10.4. The molecule has 5 heterocycles. The number of nitrogens with zero attached hydrogens (tertiary/aromatic N) is 7. The monoisotopic (exact) mass is 421 g/mol. The molecule has 1 amide bonds. The van der Waals surface area contributed by atoms with Gasteiger partial charge in [0.2, 0.25) is 5.91 Å². The fourth-order valence-corrected chi connectivity index (χ4v) is 5.05. The van der Waals surface area contributed by atoms with Crippen LogP contribution in [-0.2, 0) is 22.7 Å². The smallest absolute Gasteiger partial charge is 0.249 e. The van der Waals surface area contributed by atoms with Gasteiger partial charge < -0.3 is 4.74 Å². The second kappa shape index (κ2) is 6.34. The van der Waals surface area contributed by atoms with E-state index in [9.17, 15) is 14.4 Å². The molecule has 1 aliphatic carbocycles. The first-order valence-corrected chi connectivity index (χ1v) is 10.4. The molecular formula is C21H20FN7O2. The second-order valence-electron chi connectivity index (χ2n) is 8.59. The number of nitriles is 1. The van der Waals surface area contributed by atoms with Gasteiger partial charge in [-0.1, -0.05) is 6.92 Å². The first kappa shape index (κ1) is 18.4. The van der Waals surface area contributed by atoms with Crippen LogP contribution in [0.1, 0.15) is 25.5 Å². The van der Waals surface area contributed by atoms with Crippen LogP contribution in [0.4, 0.5) is 10.2 Å². The Hall–Kier alpha value is -3.32. The summed E-state index contributed by atoms with van der Waals surface area (Å²) in [7, 11) is 0. The quantitative estimate of drug-likeness (QED) is 0.642. The van der Waals surface area contributed by atoms with E-state index in [4.69, 9.17) is 9.72 Å². The number of ether oxygens (including phenoxy) is 1. The third-order valence-corrected chi connectivity index (χ3v) is 6.84. The predicted octanol–water partition coefficient (Wildman–Crippen LogP) is 2.16. The van der Waals surface area contributed by atoms with E-state index in [1.165, 1.54) is 9.42 Å². The SMILES string of the molecule is C[C@@H]1CN(c2nc(-c3cnn4c3COCC4)cn3ncc(F)c23)C(=O)[C@]1(C#N)C1CC1. The van der Waals surface area contributed by atoms with Crippen molar-refractivity contribution in [2.75, 3.05) is 18.1 Å². The van der Waals surface area contributed by atoms with Crippen LogP contribution < -0.4 is 4.90 Å². The maximum Gasteiger partial charge on any atom is 0.249 e. The Bertz CT molecular complexity index is 1270. The fourth-order valence-electron chi connectivity index (χ4n) is 5.05.